The molecule has 19 heavy (non-hydrogen) atoms. The SMILES string of the molecule is CNc1nc(Cl)nc(NCc2ccc(F)cc2F)n1. The zero-order chi connectivity index (χ0) is 13.8. The summed E-state index contributed by atoms with van der Waals surface area (Å²) in [6.07, 6.45) is 0. The van der Waals surface area contributed by atoms with Crippen molar-refractivity contribution in [2.45, 2.75) is 6.54 Å². The summed E-state index contributed by atoms with van der Waals surface area (Å²) in [6, 6.07) is 3.34. The Balaban J connectivity index is 2.12. The molecule has 0 spiro atoms. The molecule has 5 nitrogen and oxygen atoms in total. The van der Waals surface area contributed by atoms with E-state index < -0.39 is 11.6 Å². The Morgan fingerprint density at radius 1 is 1.16 bits per heavy atom. The van der Waals surface area contributed by atoms with E-state index in [2.05, 4.69) is 25.6 Å². The van der Waals surface area contributed by atoms with Gasteiger partial charge in [-0.3, -0.25) is 0 Å². The molecule has 2 aromatic rings. The van der Waals surface area contributed by atoms with Gasteiger partial charge < -0.3 is 10.6 Å². The second-order valence-corrected chi connectivity index (χ2v) is 3.93. The van der Waals surface area contributed by atoms with Gasteiger partial charge in [-0.1, -0.05) is 6.07 Å². The van der Waals surface area contributed by atoms with Crippen molar-refractivity contribution in [3.05, 3.63) is 40.7 Å². The van der Waals surface area contributed by atoms with Crippen LogP contribution in [0.5, 0.6) is 0 Å². The number of nitrogens with one attached hydrogen (secondary N) is 2. The number of hydrogen-bond acceptors (Lipinski definition) is 5. The first kappa shape index (κ1) is 13.4. The van der Waals surface area contributed by atoms with Crippen LogP contribution in [0.1, 0.15) is 5.56 Å². The average molecular weight is 286 g/mol. The fourth-order valence-corrected chi connectivity index (χ4v) is 1.54. The lowest BCUT2D eigenvalue weighted by molar-refractivity contribution is 0.574. The number of halogens is 3. The number of nitrogens with zero attached hydrogens (tertiary/aromatic N) is 3. The number of anilines is 2. The van der Waals surface area contributed by atoms with Crippen LogP contribution in [-0.2, 0) is 6.54 Å². The highest BCUT2D eigenvalue weighted by Gasteiger charge is 2.06. The number of rotatable bonds is 4. The minimum atomic E-state index is -0.638. The van der Waals surface area contributed by atoms with Gasteiger partial charge in [0, 0.05) is 25.2 Å². The molecule has 0 fully saturated rings. The molecule has 0 atom stereocenters. The van der Waals surface area contributed by atoms with E-state index in [-0.39, 0.29) is 17.8 Å². The van der Waals surface area contributed by atoms with Gasteiger partial charge in [0.15, 0.2) is 0 Å². The zero-order valence-electron chi connectivity index (χ0n) is 9.91. The fourth-order valence-electron chi connectivity index (χ4n) is 1.38. The quantitative estimate of drug-likeness (QED) is 0.903. The minimum absolute atomic E-state index is 0.0152. The minimum Gasteiger partial charge on any atom is -0.357 e. The van der Waals surface area contributed by atoms with Gasteiger partial charge in [-0.05, 0) is 17.7 Å². The first-order valence-electron chi connectivity index (χ1n) is 5.35. The monoisotopic (exact) mass is 285 g/mol. The van der Waals surface area contributed by atoms with Crippen molar-refractivity contribution < 1.29 is 8.78 Å². The van der Waals surface area contributed by atoms with Gasteiger partial charge in [0.2, 0.25) is 17.2 Å². The Hall–Kier alpha value is -2.02. The molecule has 1 aromatic carbocycles. The van der Waals surface area contributed by atoms with Gasteiger partial charge >= 0.3 is 0 Å². The summed E-state index contributed by atoms with van der Waals surface area (Å²) in [5, 5.41) is 5.52. The summed E-state index contributed by atoms with van der Waals surface area (Å²) >= 11 is 5.70. The molecule has 0 aliphatic carbocycles. The van der Waals surface area contributed by atoms with Gasteiger partial charge in [-0.2, -0.15) is 15.0 Å². The predicted molar refractivity (Wildman–Crippen MR) is 68.1 cm³/mol. The highest BCUT2D eigenvalue weighted by atomic mass is 35.5. The van der Waals surface area contributed by atoms with Gasteiger partial charge in [0.1, 0.15) is 11.6 Å². The van der Waals surface area contributed by atoms with Gasteiger partial charge in [0.05, 0.1) is 0 Å². The Morgan fingerprint density at radius 2 is 1.89 bits per heavy atom. The molecule has 8 heteroatoms. The van der Waals surface area contributed by atoms with Crippen LogP contribution >= 0.6 is 11.6 Å². The van der Waals surface area contributed by atoms with Crippen LogP contribution in [0.2, 0.25) is 5.28 Å². The number of benzene rings is 1. The molecule has 100 valence electrons. The van der Waals surface area contributed by atoms with Gasteiger partial charge in [-0.15, -0.1) is 0 Å². The van der Waals surface area contributed by atoms with Crippen molar-refractivity contribution in [1.29, 1.82) is 0 Å². The van der Waals surface area contributed by atoms with Crippen LogP contribution in [0.4, 0.5) is 20.7 Å². The molecule has 0 aliphatic rings. The molecule has 0 amide bonds. The predicted octanol–water partition coefficient (Wildman–Crippen LogP) is 2.46. The molecular weight excluding hydrogens is 276 g/mol. The third kappa shape index (κ3) is 3.47. The van der Waals surface area contributed by atoms with E-state index in [0.29, 0.717) is 11.5 Å². The maximum absolute atomic E-state index is 13.4. The van der Waals surface area contributed by atoms with Crippen molar-refractivity contribution >= 4 is 23.5 Å². The molecule has 0 radical (unpaired) electrons. The first-order valence-corrected chi connectivity index (χ1v) is 5.73. The summed E-state index contributed by atoms with van der Waals surface area (Å²) in [6.45, 7) is 0.107. The highest BCUT2D eigenvalue weighted by Crippen LogP contribution is 2.13. The second-order valence-electron chi connectivity index (χ2n) is 3.59. The van der Waals surface area contributed by atoms with Crippen LogP contribution in [0.3, 0.4) is 0 Å². The summed E-state index contributed by atoms with van der Waals surface area (Å²) in [5.41, 5.74) is 0.295. The van der Waals surface area contributed by atoms with E-state index in [1.165, 1.54) is 12.1 Å². The van der Waals surface area contributed by atoms with Crippen LogP contribution < -0.4 is 10.6 Å². The van der Waals surface area contributed by atoms with Crippen LogP contribution in [0.25, 0.3) is 0 Å². The van der Waals surface area contributed by atoms with Crippen molar-refractivity contribution in [3.63, 3.8) is 0 Å². The van der Waals surface area contributed by atoms with Crippen molar-refractivity contribution in [1.82, 2.24) is 15.0 Å². The third-order valence-corrected chi connectivity index (χ3v) is 2.45. The first-order chi connectivity index (χ1) is 9.08. The largest absolute Gasteiger partial charge is 0.357 e. The van der Waals surface area contributed by atoms with Crippen LogP contribution in [0, 0.1) is 11.6 Å². The van der Waals surface area contributed by atoms with Crippen molar-refractivity contribution in [3.8, 4) is 0 Å². The van der Waals surface area contributed by atoms with Crippen LogP contribution in [0.15, 0.2) is 18.2 Å². The Morgan fingerprint density at radius 3 is 2.58 bits per heavy atom. The third-order valence-electron chi connectivity index (χ3n) is 2.28. The molecule has 1 aromatic heterocycles. The lowest BCUT2D eigenvalue weighted by Crippen LogP contribution is -2.08. The molecule has 1 heterocycles. The normalized spacial score (nSPS) is 10.3. The summed E-state index contributed by atoms with van der Waals surface area (Å²) in [7, 11) is 1.63. The van der Waals surface area contributed by atoms with E-state index in [4.69, 9.17) is 11.6 Å². The summed E-state index contributed by atoms with van der Waals surface area (Å²) in [5.74, 6) is -0.765. The standard InChI is InChI=1S/C11H10ClF2N5/c1-15-10-17-9(12)18-11(19-10)16-5-6-2-3-7(13)4-8(6)14/h2-4H,5H2,1H3,(H2,15,16,17,18,19). The maximum atomic E-state index is 13.4. The molecule has 2 N–H and O–H groups in total. The Labute approximate surface area is 113 Å². The van der Waals surface area contributed by atoms with E-state index >= 15 is 0 Å². The van der Waals surface area contributed by atoms with Crippen molar-refractivity contribution in [2.75, 3.05) is 17.7 Å². The van der Waals surface area contributed by atoms with E-state index in [0.717, 1.165) is 6.07 Å². The van der Waals surface area contributed by atoms with E-state index in [1.807, 2.05) is 0 Å². The van der Waals surface area contributed by atoms with E-state index in [9.17, 15) is 8.78 Å². The topological polar surface area (TPSA) is 62.7 Å². The number of hydrogen-bond donors (Lipinski definition) is 2. The zero-order valence-corrected chi connectivity index (χ0v) is 10.7. The smallest absolute Gasteiger partial charge is 0.229 e. The van der Waals surface area contributed by atoms with Crippen LogP contribution in [-0.4, -0.2) is 22.0 Å². The van der Waals surface area contributed by atoms with Gasteiger partial charge in [-0.25, -0.2) is 8.78 Å². The molecular formula is C11H10ClF2N5. The average Bonchev–Trinajstić information content (AvgIpc) is 2.37. The maximum Gasteiger partial charge on any atom is 0.229 e. The lowest BCUT2D eigenvalue weighted by Gasteiger charge is -2.07. The lowest BCUT2D eigenvalue weighted by atomic mass is 10.2. The molecule has 0 saturated heterocycles. The summed E-state index contributed by atoms with van der Waals surface area (Å²) in [4.78, 5) is 11.6. The number of aromatic nitrogens is 3. The Kier molecular flexibility index (Phi) is 4.06. The Bertz CT molecular complexity index is 593. The molecule has 0 bridgehead atoms. The highest BCUT2D eigenvalue weighted by molar-refractivity contribution is 6.28. The molecule has 0 unspecified atom stereocenters. The molecule has 2 rings (SSSR count). The summed E-state index contributed by atoms with van der Waals surface area (Å²) < 4.78 is 26.1. The van der Waals surface area contributed by atoms with Crippen molar-refractivity contribution in [2.24, 2.45) is 0 Å². The molecule has 0 saturated carbocycles. The van der Waals surface area contributed by atoms with Gasteiger partial charge in [0.25, 0.3) is 0 Å². The van der Waals surface area contributed by atoms with E-state index in [1.54, 1.807) is 7.05 Å². The second kappa shape index (κ2) is 5.75. The fraction of sp³-hybridized carbons (Fsp3) is 0.182. The molecule has 0 aliphatic heterocycles.